The van der Waals surface area contributed by atoms with Crippen LogP contribution >= 0.6 is 23.2 Å². The molecule has 1 aromatic heterocycles. The molecule has 4 nitrogen and oxygen atoms in total. The van der Waals surface area contributed by atoms with Gasteiger partial charge in [0.25, 0.3) is 0 Å². The first-order valence-electron chi connectivity index (χ1n) is 10.3. The predicted molar refractivity (Wildman–Crippen MR) is 122 cm³/mol. The Morgan fingerprint density at radius 3 is 2.50 bits per heavy atom. The van der Waals surface area contributed by atoms with E-state index in [2.05, 4.69) is 6.07 Å². The fourth-order valence-corrected chi connectivity index (χ4v) is 4.85. The fourth-order valence-electron chi connectivity index (χ4n) is 4.35. The number of aliphatic hydroxyl groups is 1. The van der Waals surface area contributed by atoms with E-state index in [1.807, 2.05) is 38.1 Å². The summed E-state index contributed by atoms with van der Waals surface area (Å²) in [5.74, 6) is 0. The van der Waals surface area contributed by atoms with E-state index in [4.69, 9.17) is 38.9 Å². The average Bonchev–Trinajstić information content (AvgIpc) is 2.75. The summed E-state index contributed by atoms with van der Waals surface area (Å²) in [6.45, 7) is 4.05. The highest BCUT2D eigenvalue weighted by Crippen LogP contribution is 2.40. The smallest absolute Gasteiger partial charge is 0.112 e. The van der Waals surface area contributed by atoms with Gasteiger partial charge in [0.2, 0.25) is 0 Å². The molecule has 0 fully saturated rings. The third kappa shape index (κ3) is 3.42. The Labute approximate surface area is 187 Å². The summed E-state index contributed by atoms with van der Waals surface area (Å²) in [7, 11) is 0. The van der Waals surface area contributed by atoms with Crippen LogP contribution in [0, 0.1) is 0 Å². The van der Waals surface area contributed by atoms with Crippen molar-refractivity contribution in [1.82, 2.24) is 9.97 Å². The number of rotatable bonds is 4. The van der Waals surface area contributed by atoms with Crippen LogP contribution in [0.1, 0.15) is 48.5 Å². The SMILES string of the molecule is CCc1nc([C@]2(N)c3ccccc3CC[C@@H]2O)c(CC)nc1-c1ccc(Cl)cc1Cl. The molecule has 0 saturated heterocycles. The van der Waals surface area contributed by atoms with Gasteiger partial charge in [0.1, 0.15) is 5.54 Å². The number of halogens is 2. The lowest BCUT2D eigenvalue weighted by Gasteiger charge is -2.40. The van der Waals surface area contributed by atoms with Gasteiger partial charge in [-0.05, 0) is 55.0 Å². The summed E-state index contributed by atoms with van der Waals surface area (Å²) in [6, 6.07) is 13.4. The van der Waals surface area contributed by atoms with Crippen molar-refractivity contribution in [1.29, 1.82) is 0 Å². The largest absolute Gasteiger partial charge is 0.390 e. The Morgan fingerprint density at radius 2 is 1.80 bits per heavy atom. The Hall–Kier alpha value is -1.98. The number of benzene rings is 2. The Morgan fingerprint density at radius 1 is 1.07 bits per heavy atom. The molecule has 0 unspecified atom stereocenters. The van der Waals surface area contributed by atoms with Gasteiger partial charge in [-0.15, -0.1) is 0 Å². The number of aliphatic hydroxyl groups excluding tert-OH is 1. The summed E-state index contributed by atoms with van der Waals surface area (Å²) in [5.41, 5.74) is 11.7. The van der Waals surface area contributed by atoms with Gasteiger partial charge in [-0.2, -0.15) is 0 Å². The normalized spacial score (nSPS) is 20.8. The molecule has 4 rings (SSSR count). The molecule has 1 heterocycles. The molecule has 0 aliphatic heterocycles. The zero-order valence-electron chi connectivity index (χ0n) is 17.1. The van der Waals surface area contributed by atoms with Crippen LogP contribution in [0.25, 0.3) is 11.3 Å². The van der Waals surface area contributed by atoms with Crippen molar-refractivity contribution in [3.05, 3.63) is 80.7 Å². The maximum Gasteiger partial charge on any atom is 0.112 e. The molecular weight excluding hydrogens is 417 g/mol. The lowest BCUT2D eigenvalue weighted by Crippen LogP contribution is -2.53. The summed E-state index contributed by atoms with van der Waals surface area (Å²) < 4.78 is 0. The highest BCUT2D eigenvalue weighted by molar-refractivity contribution is 6.36. The van der Waals surface area contributed by atoms with Crippen molar-refractivity contribution >= 4 is 23.2 Å². The lowest BCUT2D eigenvalue weighted by molar-refractivity contribution is 0.0847. The minimum atomic E-state index is -1.10. The lowest BCUT2D eigenvalue weighted by atomic mass is 9.72. The first kappa shape index (κ1) is 21.3. The molecular formula is C24H25Cl2N3O. The molecule has 0 bridgehead atoms. The summed E-state index contributed by atoms with van der Waals surface area (Å²) in [5, 5.41) is 12.2. The maximum atomic E-state index is 11.0. The van der Waals surface area contributed by atoms with E-state index in [0.717, 1.165) is 40.2 Å². The minimum Gasteiger partial charge on any atom is -0.390 e. The Kier molecular flexibility index (Phi) is 5.86. The van der Waals surface area contributed by atoms with Crippen molar-refractivity contribution in [3.63, 3.8) is 0 Å². The van der Waals surface area contributed by atoms with Gasteiger partial charge in [-0.25, -0.2) is 4.98 Å². The van der Waals surface area contributed by atoms with Crippen LogP contribution in [0.3, 0.4) is 0 Å². The van der Waals surface area contributed by atoms with Crippen LogP contribution < -0.4 is 5.73 Å². The van der Waals surface area contributed by atoms with E-state index in [1.165, 1.54) is 0 Å². The highest BCUT2D eigenvalue weighted by Gasteiger charge is 2.45. The molecule has 0 amide bonds. The van der Waals surface area contributed by atoms with Crippen molar-refractivity contribution in [2.75, 3.05) is 0 Å². The zero-order valence-corrected chi connectivity index (χ0v) is 18.6. The van der Waals surface area contributed by atoms with Gasteiger partial charge < -0.3 is 10.8 Å². The molecule has 6 heteroatoms. The molecule has 0 radical (unpaired) electrons. The van der Waals surface area contributed by atoms with E-state index < -0.39 is 11.6 Å². The number of nitrogens with two attached hydrogens (primary N) is 1. The van der Waals surface area contributed by atoms with E-state index in [-0.39, 0.29) is 0 Å². The quantitative estimate of drug-likeness (QED) is 0.591. The summed E-state index contributed by atoms with van der Waals surface area (Å²) in [4.78, 5) is 9.98. The molecule has 2 aromatic carbocycles. The number of fused-ring (bicyclic) bond motifs is 1. The summed E-state index contributed by atoms with van der Waals surface area (Å²) in [6.07, 6.45) is 1.95. The number of nitrogens with zero attached hydrogens (tertiary/aromatic N) is 2. The van der Waals surface area contributed by atoms with Crippen LogP contribution in [0.2, 0.25) is 10.0 Å². The van der Waals surface area contributed by atoms with Crippen molar-refractivity contribution < 1.29 is 5.11 Å². The average molecular weight is 442 g/mol. The molecule has 1 aliphatic carbocycles. The van der Waals surface area contributed by atoms with Crippen LogP contribution in [-0.4, -0.2) is 21.2 Å². The van der Waals surface area contributed by atoms with E-state index in [9.17, 15) is 5.11 Å². The topological polar surface area (TPSA) is 72.0 Å². The maximum absolute atomic E-state index is 11.0. The van der Waals surface area contributed by atoms with Gasteiger partial charge in [-0.3, -0.25) is 4.98 Å². The van der Waals surface area contributed by atoms with Crippen LogP contribution in [0.5, 0.6) is 0 Å². The molecule has 0 spiro atoms. The zero-order chi connectivity index (χ0) is 21.5. The number of aryl methyl sites for hydroxylation is 3. The predicted octanol–water partition coefficient (Wildman–Crippen LogP) is 5.08. The van der Waals surface area contributed by atoms with Crippen LogP contribution in [0.15, 0.2) is 42.5 Å². The number of aromatic nitrogens is 2. The molecule has 2 atom stereocenters. The molecule has 156 valence electrons. The first-order valence-corrected chi connectivity index (χ1v) is 11.1. The number of hydrogen-bond acceptors (Lipinski definition) is 4. The molecule has 3 N–H and O–H groups in total. The second-order valence-corrected chi connectivity index (χ2v) is 8.57. The first-order chi connectivity index (χ1) is 14.4. The van der Waals surface area contributed by atoms with E-state index >= 15 is 0 Å². The molecule has 30 heavy (non-hydrogen) atoms. The molecule has 0 saturated carbocycles. The van der Waals surface area contributed by atoms with Gasteiger partial charge in [0.15, 0.2) is 0 Å². The van der Waals surface area contributed by atoms with Crippen molar-refractivity contribution in [3.8, 4) is 11.3 Å². The van der Waals surface area contributed by atoms with E-state index in [1.54, 1.807) is 12.1 Å². The van der Waals surface area contributed by atoms with E-state index in [0.29, 0.717) is 35.0 Å². The van der Waals surface area contributed by atoms with Crippen LogP contribution in [-0.2, 0) is 24.8 Å². The minimum absolute atomic E-state index is 0.534. The highest BCUT2D eigenvalue weighted by atomic mass is 35.5. The standard InChI is InChI=1S/C24H25Cl2N3O/c1-3-19-22(16-11-10-15(25)13-18(16)26)28-20(4-2)23(29-19)24(27)17-8-6-5-7-14(17)9-12-21(24)30/h5-8,10-11,13,21,30H,3-4,9,12,27H2,1-2H3/t21-,24-/m0/s1. The van der Waals surface area contributed by atoms with Gasteiger partial charge >= 0.3 is 0 Å². The third-order valence-corrected chi connectivity index (χ3v) is 6.51. The van der Waals surface area contributed by atoms with Gasteiger partial charge in [0, 0.05) is 10.6 Å². The van der Waals surface area contributed by atoms with Crippen molar-refractivity contribution in [2.24, 2.45) is 5.73 Å². The second-order valence-electron chi connectivity index (χ2n) is 7.73. The fraction of sp³-hybridized carbons (Fsp3) is 0.333. The van der Waals surface area contributed by atoms with Crippen LogP contribution in [0.4, 0.5) is 0 Å². The van der Waals surface area contributed by atoms with Crippen molar-refractivity contribution in [2.45, 2.75) is 51.2 Å². The van der Waals surface area contributed by atoms with Gasteiger partial charge in [-0.1, -0.05) is 61.3 Å². The Bertz CT molecular complexity index is 1100. The summed E-state index contributed by atoms with van der Waals surface area (Å²) >= 11 is 12.6. The monoisotopic (exact) mass is 441 g/mol. The second kappa shape index (κ2) is 8.27. The van der Waals surface area contributed by atoms with Gasteiger partial charge in [0.05, 0.1) is 33.9 Å². The Balaban J connectivity index is 1.96. The number of hydrogen-bond donors (Lipinski definition) is 2. The third-order valence-electron chi connectivity index (χ3n) is 5.96. The molecule has 3 aromatic rings. The molecule has 1 aliphatic rings.